The largest absolute Gasteiger partial charge is 0.462 e. The Bertz CT molecular complexity index is 364. The SMILES string of the molecule is [2H]c1cc(N(C)C)ccc1C(=O)OCC. The smallest absolute Gasteiger partial charge is 0.338 e. The maximum absolute atomic E-state index is 11.4. The molecule has 1 rings (SSSR count). The molecule has 1 aromatic rings. The van der Waals surface area contributed by atoms with Crippen LogP contribution in [0.3, 0.4) is 0 Å². The highest BCUT2D eigenvalue weighted by atomic mass is 16.5. The predicted molar refractivity (Wildman–Crippen MR) is 56.7 cm³/mol. The second kappa shape index (κ2) is 4.65. The lowest BCUT2D eigenvalue weighted by atomic mass is 10.2. The van der Waals surface area contributed by atoms with E-state index in [-0.39, 0.29) is 6.04 Å². The molecule has 0 bridgehead atoms. The highest BCUT2D eigenvalue weighted by Gasteiger charge is 2.05. The number of nitrogens with zero attached hydrogens (tertiary/aromatic N) is 1. The summed E-state index contributed by atoms with van der Waals surface area (Å²) >= 11 is 0. The topological polar surface area (TPSA) is 29.5 Å². The van der Waals surface area contributed by atoms with E-state index in [0.29, 0.717) is 12.2 Å². The number of rotatable bonds is 3. The molecule has 0 aliphatic rings. The number of hydrogen-bond acceptors (Lipinski definition) is 3. The van der Waals surface area contributed by atoms with Gasteiger partial charge in [-0.3, -0.25) is 0 Å². The average Bonchev–Trinajstić information content (AvgIpc) is 2.17. The quantitative estimate of drug-likeness (QED) is 0.688. The first kappa shape index (κ1) is 9.06. The van der Waals surface area contributed by atoms with E-state index in [1.165, 1.54) is 0 Å². The fourth-order valence-electron chi connectivity index (χ4n) is 1.03. The van der Waals surface area contributed by atoms with Crippen molar-refractivity contribution < 1.29 is 10.9 Å². The molecule has 0 N–H and O–H groups in total. The van der Waals surface area contributed by atoms with Crippen LogP contribution in [0.25, 0.3) is 0 Å². The van der Waals surface area contributed by atoms with E-state index in [4.69, 9.17) is 6.11 Å². The Morgan fingerprint density at radius 1 is 1.50 bits per heavy atom. The van der Waals surface area contributed by atoms with Gasteiger partial charge in [-0.25, -0.2) is 4.79 Å². The summed E-state index contributed by atoms with van der Waals surface area (Å²) in [5.41, 5.74) is 1.20. The van der Waals surface area contributed by atoms with Crippen LogP contribution < -0.4 is 4.90 Å². The van der Waals surface area contributed by atoms with Gasteiger partial charge >= 0.3 is 5.97 Å². The van der Waals surface area contributed by atoms with Crippen molar-refractivity contribution in [3.05, 3.63) is 29.8 Å². The van der Waals surface area contributed by atoms with E-state index in [9.17, 15) is 4.79 Å². The zero-order valence-electron chi connectivity index (χ0n) is 9.70. The summed E-state index contributed by atoms with van der Waals surface area (Å²) in [5.74, 6) is -0.437. The summed E-state index contributed by atoms with van der Waals surface area (Å²) in [6, 6.07) is 5.26. The van der Waals surface area contributed by atoms with Crippen LogP contribution in [0.1, 0.15) is 18.7 Å². The lowest BCUT2D eigenvalue weighted by molar-refractivity contribution is 0.0526. The number of ether oxygens (including phenoxy) is 1. The molecule has 0 heterocycles. The standard InChI is InChI=1S/C11H15NO2/c1-4-14-11(13)9-5-7-10(8-6-9)12(2)3/h5-8H,4H2,1-3H3/i5D. The predicted octanol–water partition coefficient (Wildman–Crippen LogP) is 1.93. The van der Waals surface area contributed by atoms with E-state index < -0.39 is 5.97 Å². The van der Waals surface area contributed by atoms with Gasteiger partial charge in [0.05, 0.1) is 13.5 Å². The molecule has 3 nitrogen and oxygen atoms in total. The van der Waals surface area contributed by atoms with Gasteiger partial charge in [0.15, 0.2) is 0 Å². The molecule has 0 aromatic heterocycles. The first-order chi connectivity index (χ1) is 7.06. The molecule has 0 atom stereocenters. The summed E-state index contributed by atoms with van der Waals surface area (Å²) < 4.78 is 12.5. The molecule has 76 valence electrons. The summed E-state index contributed by atoms with van der Waals surface area (Å²) in [4.78, 5) is 13.3. The van der Waals surface area contributed by atoms with Crippen LogP contribution in [0.4, 0.5) is 5.69 Å². The molecule has 0 unspecified atom stereocenters. The van der Waals surface area contributed by atoms with Gasteiger partial charge < -0.3 is 9.64 Å². The van der Waals surface area contributed by atoms with Crippen LogP contribution >= 0.6 is 0 Å². The maximum Gasteiger partial charge on any atom is 0.338 e. The molecule has 0 aliphatic carbocycles. The third kappa shape index (κ3) is 2.49. The molecule has 0 saturated heterocycles. The lowest BCUT2D eigenvalue weighted by Crippen LogP contribution is -2.09. The van der Waals surface area contributed by atoms with E-state index >= 15 is 0 Å². The highest BCUT2D eigenvalue weighted by Crippen LogP contribution is 2.12. The van der Waals surface area contributed by atoms with Crippen molar-refractivity contribution in [2.24, 2.45) is 0 Å². The molecule has 0 spiro atoms. The minimum atomic E-state index is -0.437. The molecule has 14 heavy (non-hydrogen) atoms. The van der Waals surface area contributed by atoms with Gasteiger partial charge in [-0.1, -0.05) is 0 Å². The van der Waals surface area contributed by atoms with Gasteiger partial charge in [0.2, 0.25) is 0 Å². The van der Waals surface area contributed by atoms with Gasteiger partial charge in [-0.05, 0) is 31.2 Å². The number of anilines is 1. The zero-order chi connectivity index (χ0) is 11.4. The third-order valence-corrected chi connectivity index (χ3v) is 1.81. The van der Waals surface area contributed by atoms with E-state index in [1.54, 1.807) is 25.1 Å². The van der Waals surface area contributed by atoms with Crippen LogP contribution in [0.5, 0.6) is 0 Å². The fraction of sp³-hybridized carbons (Fsp3) is 0.364. The van der Waals surface area contributed by atoms with Crippen molar-refractivity contribution in [1.82, 2.24) is 0 Å². The van der Waals surface area contributed by atoms with Gasteiger partial charge in [0, 0.05) is 19.8 Å². The van der Waals surface area contributed by atoms with Crippen molar-refractivity contribution in [2.75, 3.05) is 25.6 Å². The first-order valence-corrected chi connectivity index (χ1v) is 4.51. The van der Waals surface area contributed by atoms with Gasteiger partial charge in [0.25, 0.3) is 0 Å². The summed E-state index contributed by atoms with van der Waals surface area (Å²) in [6.07, 6.45) is 0. The number of carbonyl (C=O) groups is 1. The number of esters is 1. The van der Waals surface area contributed by atoms with Crippen LogP contribution in [0, 0.1) is 0 Å². The first-order valence-electron chi connectivity index (χ1n) is 5.01. The van der Waals surface area contributed by atoms with Crippen LogP contribution in [-0.4, -0.2) is 26.7 Å². The lowest BCUT2D eigenvalue weighted by Gasteiger charge is -2.12. The second-order valence-electron chi connectivity index (χ2n) is 3.08. The Kier molecular flexibility index (Phi) is 3.01. The molecular weight excluding hydrogens is 178 g/mol. The highest BCUT2D eigenvalue weighted by molar-refractivity contribution is 5.89. The average molecular weight is 194 g/mol. The molecule has 3 heteroatoms. The molecule has 0 saturated carbocycles. The Labute approximate surface area is 85.7 Å². The Morgan fingerprint density at radius 3 is 2.71 bits per heavy atom. The van der Waals surface area contributed by atoms with Gasteiger partial charge in [-0.2, -0.15) is 0 Å². The number of carbonyl (C=O) groups excluding carboxylic acids is 1. The molecule has 0 aliphatic heterocycles. The Balaban J connectivity index is 2.98. The normalized spacial score (nSPS) is 10.6. The molecule has 0 fully saturated rings. The molecule has 0 radical (unpaired) electrons. The second-order valence-corrected chi connectivity index (χ2v) is 3.08. The van der Waals surface area contributed by atoms with Crippen molar-refractivity contribution in [2.45, 2.75) is 6.92 Å². The van der Waals surface area contributed by atoms with Crippen LogP contribution in [-0.2, 0) is 4.74 Å². The monoisotopic (exact) mass is 194 g/mol. The number of hydrogen-bond donors (Lipinski definition) is 0. The third-order valence-electron chi connectivity index (χ3n) is 1.81. The van der Waals surface area contributed by atoms with E-state index in [2.05, 4.69) is 0 Å². The van der Waals surface area contributed by atoms with Gasteiger partial charge in [0.1, 0.15) is 0 Å². The molecule has 0 amide bonds. The number of benzene rings is 1. The minimum Gasteiger partial charge on any atom is -0.462 e. The van der Waals surface area contributed by atoms with Crippen molar-refractivity contribution in [3.8, 4) is 0 Å². The zero-order valence-corrected chi connectivity index (χ0v) is 8.70. The van der Waals surface area contributed by atoms with E-state index in [0.717, 1.165) is 5.69 Å². The van der Waals surface area contributed by atoms with Gasteiger partial charge in [-0.15, -0.1) is 0 Å². The minimum absolute atomic E-state index is 0.194. The van der Waals surface area contributed by atoms with Crippen LogP contribution in [0.2, 0.25) is 0 Å². The van der Waals surface area contributed by atoms with Crippen molar-refractivity contribution in [1.29, 1.82) is 0 Å². The maximum atomic E-state index is 11.4. The Hall–Kier alpha value is -1.51. The van der Waals surface area contributed by atoms with Crippen LogP contribution in [0.15, 0.2) is 24.2 Å². The Morgan fingerprint density at radius 2 is 2.21 bits per heavy atom. The van der Waals surface area contributed by atoms with Crippen molar-refractivity contribution >= 4 is 11.7 Å². The van der Waals surface area contributed by atoms with Crippen molar-refractivity contribution in [3.63, 3.8) is 0 Å². The summed E-state index contributed by atoms with van der Waals surface area (Å²) in [6.45, 7) is 2.07. The summed E-state index contributed by atoms with van der Waals surface area (Å²) in [7, 11) is 3.78. The van der Waals surface area contributed by atoms with E-state index in [1.807, 2.05) is 19.0 Å². The fourth-order valence-corrected chi connectivity index (χ4v) is 1.03. The summed E-state index contributed by atoms with van der Waals surface area (Å²) in [5, 5.41) is 0. The molecule has 1 aromatic carbocycles. The molecular formula is C11H15NO2.